The van der Waals surface area contributed by atoms with Crippen LogP contribution in [0.15, 0.2) is 12.1 Å². The minimum atomic E-state index is 0.948. The molecule has 2 saturated carbocycles. The predicted octanol–water partition coefficient (Wildman–Crippen LogP) is 8.30. The van der Waals surface area contributed by atoms with Crippen molar-refractivity contribution in [2.75, 3.05) is 7.11 Å². The molecular weight excluding hydrogens is 352 g/mol. The molecule has 2 aliphatic rings. The molecule has 1 nitrogen and oxygen atoms in total. The number of ether oxygens (including phenoxy) is 1. The standard InChI is InChI=1S/C28H46O/c1-5-7-22-10-15-25(16-11-22)26-17-12-23(13-18-26)9-14-24-19-20-27(8-6-2)28(29-4)21(24)3/h19-20,22-23,25-26H,5-18H2,1-4H3. The maximum atomic E-state index is 5.77. The van der Waals surface area contributed by atoms with Crippen molar-refractivity contribution >= 4 is 0 Å². The van der Waals surface area contributed by atoms with Crippen molar-refractivity contribution in [1.82, 2.24) is 0 Å². The summed E-state index contributed by atoms with van der Waals surface area (Å²) in [5, 5.41) is 0. The van der Waals surface area contributed by atoms with Crippen LogP contribution in [0.2, 0.25) is 0 Å². The van der Waals surface area contributed by atoms with E-state index in [0.29, 0.717) is 0 Å². The van der Waals surface area contributed by atoms with Crippen LogP contribution in [0.4, 0.5) is 0 Å². The van der Waals surface area contributed by atoms with Gasteiger partial charge in [0.25, 0.3) is 0 Å². The fourth-order valence-corrected chi connectivity index (χ4v) is 6.47. The minimum absolute atomic E-state index is 0.948. The molecule has 0 radical (unpaired) electrons. The third-order valence-electron chi connectivity index (χ3n) is 8.29. The van der Waals surface area contributed by atoms with Gasteiger partial charge in [0.05, 0.1) is 7.11 Å². The predicted molar refractivity (Wildman–Crippen MR) is 126 cm³/mol. The van der Waals surface area contributed by atoms with Crippen molar-refractivity contribution in [1.29, 1.82) is 0 Å². The van der Waals surface area contributed by atoms with E-state index in [1.807, 2.05) is 7.11 Å². The molecule has 0 aromatic heterocycles. The Hall–Kier alpha value is -0.980. The van der Waals surface area contributed by atoms with E-state index in [1.165, 1.54) is 100 Å². The lowest BCUT2D eigenvalue weighted by Crippen LogP contribution is -2.26. The molecule has 0 atom stereocenters. The summed E-state index contributed by atoms with van der Waals surface area (Å²) in [4.78, 5) is 0. The maximum Gasteiger partial charge on any atom is 0.125 e. The van der Waals surface area contributed by atoms with Gasteiger partial charge in [0.2, 0.25) is 0 Å². The Morgan fingerprint density at radius 2 is 1.28 bits per heavy atom. The molecule has 1 heteroatoms. The van der Waals surface area contributed by atoms with E-state index in [1.54, 1.807) is 0 Å². The zero-order chi connectivity index (χ0) is 20.6. The van der Waals surface area contributed by atoms with Crippen molar-refractivity contribution in [2.45, 2.75) is 111 Å². The number of rotatable bonds is 9. The number of aryl methyl sites for hydroxylation is 2. The second-order valence-electron chi connectivity index (χ2n) is 10.2. The Bertz CT molecular complexity index is 603. The average Bonchev–Trinajstić information content (AvgIpc) is 2.75. The van der Waals surface area contributed by atoms with Crippen molar-refractivity contribution in [3.63, 3.8) is 0 Å². The Morgan fingerprint density at radius 1 is 0.724 bits per heavy atom. The van der Waals surface area contributed by atoms with Crippen LogP contribution in [0.25, 0.3) is 0 Å². The minimum Gasteiger partial charge on any atom is -0.496 e. The molecule has 0 spiro atoms. The molecule has 2 aliphatic carbocycles. The van der Waals surface area contributed by atoms with Gasteiger partial charge >= 0.3 is 0 Å². The van der Waals surface area contributed by atoms with Crippen molar-refractivity contribution in [2.24, 2.45) is 23.7 Å². The highest BCUT2D eigenvalue weighted by Gasteiger charge is 2.30. The van der Waals surface area contributed by atoms with E-state index in [9.17, 15) is 0 Å². The molecule has 1 aromatic carbocycles. The van der Waals surface area contributed by atoms with Crippen molar-refractivity contribution in [3.8, 4) is 5.75 Å². The van der Waals surface area contributed by atoms with Gasteiger partial charge < -0.3 is 4.74 Å². The van der Waals surface area contributed by atoms with Crippen LogP contribution >= 0.6 is 0 Å². The molecule has 0 amide bonds. The Balaban J connectivity index is 1.45. The maximum absolute atomic E-state index is 5.77. The molecule has 0 saturated heterocycles. The smallest absolute Gasteiger partial charge is 0.125 e. The molecule has 164 valence electrons. The average molecular weight is 399 g/mol. The zero-order valence-corrected chi connectivity index (χ0v) is 19.8. The molecule has 29 heavy (non-hydrogen) atoms. The molecule has 0 aliphatic heterocycles. The topological polar surface area (TPSA) is 9.23 Å². The van der Waals surface area contributed by atoms with E-state index in [2.05, 4.69) is 32.9 Å². The molecule has 0 N–H and O–H groups in total. The van der Waals surface area contributed by atoms with Gasteiger partial charge in [-0.2, -0.15) is 0 Å². The second-order valence-corrected chi connectivity index (χ2v) is 10.2. The molecule has 3 rings (SSSR count). The quantitative estimate of drug-likeness (QED) is 0.406. The molecule has 1 aromatic rings. The molecular formula is C28H46O. The summed E-state index contributed by atoms with van der Waals surface area (Å²) in [7, 11) is 1.84. The second kappa shape index (κ2) is 11.4. The Kier molecular flexibility index (Phi) is 8.94. The van der Waals surface area contributed by atoms with E-state index in [0.717, 1.165) is 35.8 Å². The summed E-state index contributed by atoms with van der Waals surface area (Å²) in [6, 6.07) is 4.69. The first kappa shape index (κ1) is 22.7. The lowest BCUT2D eigenvalue weighted by molar-refractivity contribution is 0.141. The summed E-state index contributed by atoms with van der Waals surface area (Å²) in [6.45, 7) is 6.86. The molecule has 0 bridgehead atoms. The van der Waals surface area contributed by atoms with Gasteiger partial charge in [-0.05, 0) is 92.2 Å². The van der Waals surface area contributed by atoms with E-state index in [4.69, 9.17) is 4.74 Å². The highest BCUT2D eigenvalue weighted by atomic mass is 16.5. The van der Waals surface area contributed by atoms with E-state index in [-0.39, 0.29) is 0 Å². The number of hydrogen-bond acceptors (Lipinski definition) is 1. The largest absolute Gasteiger partial charge is 0.496 e. The molecule has 0 heterocycles. The summed E-state index contributed by atoms with van der Waals surface area (Å²) in [5.41, 5.74) is 4.28. The van der Waals surface area contributed by atoms with Gasteiger partial charge in [-0.1, -0.05) is 70.9 Å². The van der Waals surface area contributed by atoms with E-state index < -0.39 is 0 Å². The number of hydrogen-bond donors (Lipinski definition) is 0. The van der Waals surface area contributed by atoms with Crippen LogP contribution in [-0.4, -0.2) is 7.11 Å². The molecule has 0 unspecified atom stereocenters. The number of methoxy groups -OCH3 is 1. The van der Waals surface area contributed by atoms with E-state index >= 15 is 0 Å². The monoisotopic (exact) mass is 398 g/mol. The summed E-state index contributed by atoms with van der Waals surface area (Å²) in [5.74, 6) is 5.25. The van der Waals surface area contributed by atoms with Crippen molar-refractivity contribution in [3.05, 3.63) is 28.8 Å². The van der Waals surface area contributed by atoms with Gasteiger partial charge in [-0.3, -0.25) is 0 Å². The summed E-state index contributed by atoms with van der Waals surface area (Å²) >= 11 is 0. The first-order valence-corrected chi connectivity index (χ1v) is 12.8. The third-order valence-corrected chi connectivity index (χ3v) is 8.29. The third kappa shape index (κ3) is 6.02. The lowest BCUT2D eigenvalue weighted by atomic mass is 9.68. The Morgan fingerprint density at radius 3 is 1.79 bits per heavy atom. The van der Waals surface area contributed by atoms with Crippen LogP contribution < -0.4 is 4.74 Å². The first-order valence-electron chi connectivity index (χ1n) is 12.8. The van der Waals surface area contributed by atoms with Crippen LogP contribution in [0.3, 0.4) is 0 Å². The SMILES string of the molecule is CCCc1ccc(CCC2CCC(C3CCC(CCC)CC3)CC2)c(C)c1OC. The van der Waals surface area contributed by atoms with Gasteiger partial charge in [0.1, 0.15) is 5.75 Å². The Labute approximate surface area is 181 Å². The van der Waals surface area contributed by atoms with Crippen LogP contribution in [0.1, 0.15) is 108 Å². The zero-order valence-electron chi connectivity index (χ0n) is 19.8. The fraction of sp³-hybridized carbons (Fsp3) is 0.786. The first-order chi connectivity index (χ1) is 14.2. The number of benzene rings is 1. The van der Waals surface area contributed by atoms with Gasteiger partial charge in [-0.15, -0.1) is 0 Å². The summed E-state index contributed by atoms with van der Waals surface area (Å²) < 4.78 is 5.77. The highest BCUT2D eigenvalue weighted by molar-refractivity contribution is 5.46. The van der Waals surface area contributed by atoms with Gasteiger partial charge in [0, 0.05) is 0 Å². The van der Waals surface area contributed by atoms with Crippen LogP contribution in [0.5, 0.6) is 5.75 Å². The van der Waals surface area contributed by atoms with Gasteiger partial charge in [0.15, 0.2) is 0 Å². The highest BCUT2D eigenvalue weighted by Crippen LogP contribution is 2.43. The van der Waals surface area contributed by atoms with Crippen molar-refractivity contribution < 1.29 is 4.74 Å². The van der Waals surface area contributed by atoms with Crippen LogP contribution in [-0.2, 0) is 12.8 Å². The lowest BCUT2D eigenvalue weighted by Gasteiger charge is -2.38. The van der Waals surface area contributed by atoms with Crippen LogP contribution in [0, 0.1) is 30.6 Å². The normalized spacial score (nSPS) is 27.7. The van der Waals surface area contributed by atoms with Gasteiger partial charge in [-0.25, -0.2) is 0 Å². The molecule has 2 fully saturated rings. The fourth-order valence-electron chi connectivity index (χ4n) is 6.47. The summed E-state index contributed by atoms with van der Waals surface area (Å²) in [6.07, 6.45) is 19.8.